The van der Waals surface area contributed by atoms with Gasteiger partial charge in [0.25, 0.3) is 5.91 Å². The molecule has 1 aromatic heterocycles. The summed E-state index contributed by atoms with van der Waals surface area (Å²) < 4.78 is 37.1. The van der Waals surface area contributed by atoms with Gasteiger partial charge in [0.05, 0.1) is 24.4 Å². The van der Waals surface area contributed by atoms with Crippen LogP contribution in [-0.4, -0.2) is 74.5 Å². The predicted octanol–water partition coefficient (Wildman–Crippen LogP) is 0.985. The van der Waals surface area contributed by atoms with Crippen LogP contribution >= 0.6 is 11.3 Å². The Morgan fingerprint density at radius 2 is 1.97 bits per heavy atom. The average molecular weight is 498 g/mol. The number of methoxy groups -OCH3 is 2. The highest BCUT2D eigenvalue weighted by atomic mass is 32.2. The van der Waals surface area contributed by atoms with Crippen LogP contribution in [0.1, 0.15) is 19.8 Å². The molecule has 2 amide bonds. The van der Waals surface area contributed by atoms with Gasteiger partial charge in [0.2, 0.25) is 5.91 Å². The second kappa shape index (κ2) is 10.5. The van der Waals surface area contributed by atoms with E-state index in [-0.39, 0.29) is 11.3 Å². The van der Waals surface area contributed by atoms with Crippen molar-refractivity contribution in [3.63, 3.8) is 0 Å². The minimum Gasteiger partial charge on any atom is -0.497 e. The number of carbonyl (C=O) groups excluding carboxylic acids is 3. The zero-order valence-corrected chi connectivity index (χ0v) is 20.4. The Morgan fingerprint density at radius 1 is 1.21 bits per heavy atom. The summed E-state index contributed by atoms with van der Waals surface area (Å²) in [5.74, 6) is -2.67. The molecule has 2 heterocycles. The van der Waals surface area contributed by atoms with Gasteiger partial charge < -0.3 is 18.9 Å². The van der Waals surface area contributed by atoms with Gasteiger partial charge in [-0.3, -0.25) is 14.4 Å². The highest BCUT2D eigenvalue weighted by molar-refractivity contribution is 7.92. The number of likely N-dealkylation sites (tertiary alicyclic amines) is 1. The summed E-state index contributed by atoms with van der Waals surface area (Å²) in [6.07, 6.45) is 1.83. The van der Waals surface area contributed by atoms with E-state index in [2.05, 4.69) is 4.99 Å². The summed E-state index contributed by atoms with van der Waals surface area (Å²) in [5, 5.41) is 0. The molecule has 1 aromatic carbocycles. The third-order valence-corrected chi connectivity index (χ3v) is 7.74. The molecule has 33 heavy (non-hydrogen) atoms. The van der Waals surface area contributed by atoms with Crippen LogP contribution in [0.15, 0.2) is 23.2 Å². The number of aromatic nitrogens is 1. The minimum atomic E-state index is -4.00. The molecule has 0 saturated carbocycles. The average Bonchev–Trinajstić information content (AvgIpc) is 3.08. The van der Waals surface area contributed by atoms with Gasteiger partial charge in [-0.05, 0) is 37.0 Å². The maximum absolute atomic E-state index is 12.5. The topological polar surface area (TPSA) is 124 Å². The number of nitrogens with zero attached hydrogens (tertiary/aromatic N) is 3. The van der Waals surface area contributed by atoms with E-state index in [4.69, 9.17) is 9.47 Å². The molecule has 1 aliphatic heterocycles. The first kappa shape index (κ1) is 24.9. The summed E-state index contributed by atoms with van der Waals surface area (Å²) in [6, 6.07) is 5.14. The molecule has 3 rings (SSSR count). The standard InChI is InChI=1S/C21H27N3O7S2/c1-14-5-4-8-23(10-14)19(26)13-33(28,29)12-18(25)22-21-24(11-20(27)31-3)16-7-6-15(30-2)9-17(16)32-21/h6-7,9,14H,4-5,8,10-13H2,1-3H3. The predicted molar refractivity (Wildman–Crippen MR) is 123 cm³/mol. The molecular formula is C21H27N3O7S2. The third kappa shape index (κ3) is 6.41. The molecular weight excluding hydrogens is 470 g/mol. The summed E-state index contributed by atoms with van der Waals surface area (Å²) in [6.45, 7) is 2.86. The fraction of sp³-hybridized carbons (Fsp3) is 0.524. The number of carbonyl (C=O) groups is 3. The molecule has 10 nitrogen and oxygen atoms in total. The number of thiazole rings is 1. The lowest BCUT2D eigenvalue weighted by Gasteiger charge is -2.30. The number of amides is 2. The van der Waals surface area contributed by atoms with Crippen LogP contribution in [0.2, 0.25) is 0 Å². The highest BCUT2D eigenvalue weighted by Crippen LogP contribution is 2.23. The van der Waals surface area contributed by atoms with Crippen LogP contribution in [-0.2, 0) is 35.5 Å². The van der Waals surface area contributed by atoms with Gasteiger partial charge in [0.15, 0.2) is 14.6 Å². The largest absolute Gasteiger partial charge is 0.497 e. The van der Waals surface area contributed by atoms with Crippen LogP contribution in [0.4, 0.5) is 0 Å². The van der Waals surface area contributed by atoms with E-state index in [0.717, 1.165) is 24.2 Å². The first-order valence-electron chi connectivity index (χ1n) is 10.4. The number of hydrogen-bond donors (Lipinski definition) is 0. The minimum absolute atomic E-state index is 0.153. The Labute approximate surface area is 195 Å². The van der Waals surface area contributed by atoms with Crippen LogP contribution < -0.4 is 9.54 Å². The lowest BCUT2D eigenvalue weighted by atomic mass is 10.0. The first-order chi connectivity index (χ1) is 15.6. The molecule has 1 fully saturated rings. The van der Waals surface area contributed by atoms with E-state index >= 15 is 0 Å². The van der Waals surface area contributed by atoms with Crippen LogP contribution in [0.25, 0.3) is 10.2 Å². The summed E-state index contributed by atoms with van der Waals surface area (Å²) >= 11 is 1.11. The van der Waals surface area contributed by atoms with Gasteiger partial charge in [0.1, 0.15) is 23.8 Å². The van der Waals surface area contributed by atoms with Crippen LogP contribution in [0.3, 0.4) is 0 Å². The number of fused-ring (bicyclic) bond motifs is 1. The number of piperidine rings is 1. The second-order valence-electron chi connectivity index (χ2n) is 8.01. The summed E-state index contributed by atoms with van der Waals surface area (Å²) in [5.41, 5.74) is 0.620. The normalized spacial score (nSPS) is 17.2. The van der Waals surface area contributed by atoms with E-state index in [1.165, 1.54) is 23.7 Å². The molecule has 1 saturated heterocycles. The van der Waals surface area contributed by atoms with E-state index in [9.17, 15) is 22.8 Å². The van der Waals surface area contributed by atoms with Gasteiger partial charge in [-0.2, -0.15) is 4.99 Å². The molecule has 1 atom stereocenters. The Balaban J connectivity index is 1.83. The number of sulfone groups is 1. The summed E-state index contributed by atoms with van der Waals surface area (Å²) in [7, 11) is -1.24. The molecule has 1 aliphatic rings. The number of ether oxygens (including phenoxy) is 2. The zero-order chi connectivity index (χ0) is 24.2. The van der Waals surface area contributed by atoms with Gasteiger partial charge in [-0.15, -0.1) is 0 Å². The Morgan fingerprint density at radius 3 is 2.64 bits per heavy atom. The molecule has 0 radical (unpaired) electrons. The van der Waals surface area contributed by atoms with Crippen molar-refractivity contribution in [2.75, 3.05) is 38.8 Å². The van der Waals surface area contributed by atoms with Crippen molar-refractivity contribution in [2.45, 2.75) is 26.3 Å². The van der Waals surface area contributed by atoms with Gasteiger partial charge in [-0.25, -0.2) is 8.42 Å². The number of rotatable bonds is 7. The van der Waals surface area contributed by atoms with Gasteiger partial charge in [-0.1, -0.05) is 18.3 Å². The molecule has 12 heteroatoms. The quantitative estimate of drug-likeness (QED) is 0.522. The Hall–Kier alpha value is -2.73. The molecule has 0 bridgehead atoms. The number of benzene rings is 1. The third-order valence-electron chi connectivity index (χ3n) is 5.32. The smallest absolute Gasteiger partial charge is 0.325 e. The fourth-order valence-corrected chi connectivity index (χ4v) is 5.86. The summed E-state index contributed by atoms with van der Waals surface area (Å²) in [4.78, 5) is 42.5. The number of hydrogen-bond acceptors (Lipinski definition) is 8. The molecule has 1 unspecified atom stereocenters. The molecule has 2 aromatic rings. The monoisotopic (exact) mass is 497 g/mol. The lowest BCUT2D eigenvalue weighted by Crippen LogP contribution is -2.42. The van der Waals surface area contributed by atoms with Crippen molar-refractivity contribution in [3.05, 3.63) is 23.0 Å². The maximum atomic E-state index is 12.5. The van der Waals surface area contributed by atoms with Crippen molar-refractivity contribution in [2.24, 2.45) is 10.9 Å². The Bertz CT molecular complexity index is 1230. The zero-order valence-electron chi connectivity index (χ0n) is 18.8. The van der Waals surface area contributed by atoms with Crippen molar-refractivity contribution in [1.29, 1.82) is 0 Å². The van der Waals surface area contributed by atoms with Crippen molar-refractivity contribution < 1.29 is 32.3 Å². The molecule has 0 aliphatic carbocycles. The van der Waals surface area contributed by atoms with Gasteiger partial charge in [0, 0.05) is 13.1 Å². The molecule has 0 spiro atoms. The highest BCUT2D eigenvalue weighted by Gasteiger charge is 2.27. The number of esters is 1. The maximum Gasteiger partial charge on any atom is 0.325 e. The lowest BCUT2D eigenvalue weighted by molar-refractivity contribution is -0.141. The molecule has 180 valence electrons. The van der Waals surface area contributed by atoms with E-state index < -0.39 is 39.1 Å². The van der Waals surface area contributed by atoms with Crippen LogP contribution in [0, 0.1) is 5.92 Å². The Kier molecular flexibility index (Phi) is 7.90. The van der Waals surface area contributed by atoms with Crippen molar-refractivity contribution >= 4 is 49.2 Å². The van der Waals surface area contributed by atoms with E-state index in [0.29, 0.717) is 35.0 Å². The SMILES string of the molecule is COC(=O)Cn1c(=NC(=O)CS(=O)(=O)CC(=O)N2CCCC(C)C2)sc2cc(OC)ccc21. The van der Waals surface area contributed by atoms with E-state index in [1.54, 1.807) is 18.2 Å². The van der Waals surface area contributed by atoms with Crippen molar-refractivity contribution in [1.82, 2.24) is 9.47 Å². The second-order valence-corrected chi connectivity index (χ2v) is 11.1. The van der Waals surface area contributed by atoms with Crippen molar-refractivity contribution in [3.8, 4) is 5.75 Å². The fourth-order valence-electron chi connectivity index (χ4n) is 3.69. The first-order valence-corrected chi connectivity index (χ1v) is 13.1. The van der Waals surface area contributed by atoms with Crippen LogP contribution in [0.5, 0.6) is 5.75 Å². The van der Waals surface area contributed by atoms with Gasteiger partial charge >= 0.3 is 5.97 Å². The molecule has 0 N–H and O–H groups in total. The van der Waals surface area contributed by atoms with E-state index in [1.807, 2.05) is 6.92 Å².